The van der Waals surface area contributed by atoms with Gasteiger partial charge in [0.25, 0.3) is 0 Å². The molecule has 0 unspecified atom stereocenters. The van der Waals surface area contributed by atoms with Gasteiger partial charge in [-0.15, -0.1) is 0 Å². The number of piperidine rings is 1. The van der Waals surface area contributed by atoms with Gasteiger partial charge in [0.15, 0.2) is 5.11 Å². The lowest BCUT2D eigenvalue weighted by molar-refractivity contribution is 0.122. The Bertz CT molecular complexity index is 1660. The quantitative estimate of drug-likeness (QED) is 0.221. The molecule has 234 valence electrons. The fourth-order valence-corrected chi connectivity index (χ4v) is 7.86. The van der Waals surface area contributed by atoms with Crippen LogP contribution < -0.4 is 20.0 Å². The van der Waals surface area contributed by atoms with E-state index in [1.165, 1.54) is 35.5 Å². The number of hydrogen-bond acceptors (Lipinski definition) is 5. The predicted molar refractivity (Wildman–Crippen MR) is 188 cm³/mol. The molecule has 1 N–H and O–H groups in total. The maximum absolute atomic E-state index is 7.02. The maximum Gasteiger partial charge on any atom is 0.174 e. The highest BCUT2D eigenvalue weighted by Crippen LogP contribution is 2.45. The Kier molecular flexibility index (Phi) is 8.46. The van der Waals surface area contributed by atoms with E-state index < -0.39 is 0 Å². The van der Waals surface area contributed by atoms with Crippen molar-refractivity contribution in [2.45, 2.75) is 45.7 Å². The van der Waals surface area contributed by atoms with Crippen LogP contribution >= 0.6 is 23.8 Å². The van der Waals surface area contributed by atoms with E-state index in [4.69, 9.17) is 33.5 Å². The number of aromatic nitrogens is 2. The molecule has 0 saturated carbocycles. The Morgan fingerprint density at radius 3 is 2.27 bits per heavy atom. The highest BCUT2D eigenvalue weighted by Gasteiger charge is 2.42. The van der Waals surface area contributed by atoms with Gasteiger partial charge in [0, 0.05) is 60.8 Å². The zero-order valence-corrected chi connectivity index (χ0v) is 27.8. The van der Waals surface area contributed by atoms with Crippen molar-refractivity contribution < 1.29 is 4.74 Å². The molecular formula is C36H41ClN6OS. The van der Waals surface area contributed by atoms with Crippen LogP contribution in [0.4, 0.5) is 17.1 Å². The molecule has 45 heavy (non-hydrogen) atoms. The molecule has 4 aromatic rings. The SMILES string of the molecule is Cc1cc([C@@H]2[C@H](c3ccccn3)NC(=S)N2c2ccc(N3CCC(C)CC3)c(Cl)c2)c(C)n1-c1ccc(N2CCOCC2)cc1. The number of aryl methyl sites for hydroxylation is 1. The van der Waals surface area contributed by atoms with E-state index in [1.54, 1.807) is 0 Å². The summed E-state index contributed by atoms with van der Waals surface area (Å²) in [5.41, 5.74) is 8.97. The molecule has 3 saturated heterocycles. The van der Waals surface area contributed by atoms with Gasteiger partial charge >= 0.3 is 0 Å². The smallest absolute Gasteiger partial charge is 0.174 e. The van der Waals surface area contributed by atoms with E-state index in [9.17, 15) is 0 Å². The van der Waals surface area contributed by atoms with Crippen LogP contribution in [0.25, 0.3) is 5.69 Å². The standard InChI is InChI=1S/C36H41ClN6OS/c1-24-13-16-41(17-14-24)33-12-11-29(23-31(33)37)43-35(34(39-36(43)45)32-6-4-5-15-38-32)30-22-25(2)42(26(30)3)28-9-7-27(8-10-28)40-18-20-44-21-19-40/h4-12,15,22-24,34-35H,13-14,16-21H2,1-3H3,(H,39,45)/t34-,35+/m0/s1. The molecule has 3 fully saturated rings. The first-order valence-corrected chi connectivity index (χ1v) is 16.8. The second-order valence-electron chi connectivity index (χ2n) is 12.6. The summed E-state index contributed by atoms with van der Waals surface area (Å²) in [7, 11) is 0. The molecule has 2 aromatic heterocycles. The number of thiocarbonyl (C=S) groups is 1. The first-order chi connectivity index (χ1) is 21.9. The minimum absolute atomic E-state index is 0.113. The predicted octanol–water partition coefficient (Wildman–Crippen LogP) is 7.39. The van der Waals surface area contributed by atoms with Gasteiger partial charge in [0.05, 0.1) is 41.7 Å². The van der Waals surface area contributed by atoms with Crippen molar-refractivity contribution in [1.29, 1.82) is 0 Å². The van der Waals surface area contributed by atoms with E-state index in [-0.39, 0.29) is 12.1 Å². The molecule has 2 atom stereocenters. The van der Waals surface area contributed by atoms with Crippen LogP contribution in [0.5, 0.6) is 0 Å². The van der Waals surface area contributed by atoms with Crippen LogP contribution in [0.1, 0.15) is 54.5 Å². The Labute approximate surface area is 276 Å². The lowest BCUT2D eigenvalue weighted by Gasteiger charge is -2.33. The van der Waals surface area contributed by atoms with Gasteiger partial charge in [-0.1, -0.05) is 24.6 Å². The van der Waals surface area contributed by atoms with Crippen LogP contribution in [0, 0.1) is 19.8 Å². The van der Waals surface area contributed by atoms with Crippen LogP contribution in [-0.2, 0) is 4.74 Å². The molecule has 0 spiro atoms. The number of pyridine rings is 1. The molecular weight excluding hydrogens is 600 g/mol. The summed E-state index contributed by atoms with van der Waals surface area (Å²) >= 11 is 13.1. The molecule has 3 aliphatic heterocycles. The van der Waals surface area contributed by atoms with Crippen molar-refractivity contribution in [2.24, 2.45) is 5.92 Å². The number of nitrogens with zero attached hydrogens (tertiary/aromatic N) is 5. The summed E-state index contributed by atoms with van der Waals surface area (Å²) in [5, 5.41) is 5.06. The van der Waals surface area contributed by atoms with Crippen molar-refractivity contribution in [3.8, 4) is 5.69 Å². The molecule has 5 heterocycles. The lowest BCUT2D eigenvalue weighted by Crippen LogP contribution is -2.36. The van der Waals surface area contributed by atoms with E-state index in [2.05, 4.69) is 100.0 Å². The second-order valence-corrected chi connectivity index (χ2v) is 13.4. The summed E-state index contributed by atoms with van der Waals surface area (Å²) in [5.74, 6) is 0.762. The van der Waals surface area contributed by atoms with E-state index in [1.807, 2.05) is 18.3 Å². The van der Waals surface area contributed by atoms with Crippen LogP contribution in [0.2, 0.25) is 5.02 Å². The molecule has 0 amide bonds. The molecule has 3 aliphatic rings. The van der Waals surface area contributed by atoms with Gasteiger partial charge in [-0.2, -0.15) is 0 Å². The monoisotopic (exact) mass is 640 g/mol. The van der Waals surface area contributed by atoms with Crippen LogP contribution in [-0.4, -0.2) is 54.1 Å². The highest BCUT2D eigenvalue weighted by molar-refractivity contribution is 7.80. The van der Waals surface area contributed by atoms with Gasteiger partial charge in [-0.3, -0.25) is 4.98 Å². The highest BCUT2D eigenvalue weighted by atomic mass is 35.5. The van der Waals surface area contributed by atoms with Gasteiger partial charge in [-0.05, 0) is 111 Å². The number of rotatable bonds is 6. The fourth-order valence-electron chi connectivity index (χ4n) is 7.22. The topological polar surface area (TPSA) is 48.8 Å². The maximum atomic E-state index is 7.02. The number of halogens is 1. The van der Waals surface area contributed by atoms with Crippen molar-refractivity contribution in [1.82, 2.24) is 14.9 Å². The fraction of sp³-hybridized carbons (Fsp3) is 0.389. The van der Waals surface area contributed by atoms with Crippen molar-refractivity contribution in [3.05, 3.63) is 101 Å². The van der Waals surface area contributed by atoms with Gasteiger partial charge < -0.3 is 29.3 Å². The minimum Gasteiger partial charge on any atom is -0.378 e. The van der Waals surface area contributed by atoms with Gasteiger partial charge in [0.2, 0.25) is 0 Å². The molecule has 7 nitrogen and oxygen atoms in total. The van der Waals surface area contributed by atoms with Gasteiger partial charge in [-0.25, -0.2) is 0 Å². The Morgan fingerprint density at radius 2 is 1.58 bits per heavy atom. The zero-order valence-electron chi connectivity index (χ0n) is 26.2. The normalized spacial score (nSPS) is 21.0. The van der Waals surface area contributed by atoms with E-state index in [0.29, 0.717) is 5.11 Å². The molecule has 7 rings (SSSR count). The lowest BCUT2D eigenvalue weighted by atomic mass is 9.96. The third-order valence-corrected chi connectivity index (χ3v) is 10.3. The summed E-state index contributed by atoms with van der Waals surface area (Å²) < 4.78 is 7.90. The molecule has 0 radical (unpaired) electrons. The third kappa shape index (κ3) is 5.80. The summed E-state index contributed by atoms with van der Waals surface area (Å²) in [6.07, 6.45) is 4.24. The van der Waals surface area contributed by atoms with Crippen LogP contribution in [0.15, 0.2) is 72.9 Å². The number of ether oxygens (including phenoxy) is 1. The number of morpholine rings is 1. The minimum atomic E-state index is -0.126. The summed E-state index contributed by atoms with van der Waals surface area (Å²) in [6.45, 7) is 12.2. The Hall–Kier alpha value is -3.59. The Balaban J connectivity index is 1.26. The zero-order chi connectivity index (χ0) is 31.1. The van der Waals surface area contributed by atoms with Gasteiger partial charge in [0.1, 0.15) is 0 Å². The first kappa shape index (κ1) is 30.1. The van der Waals surface area contributed by atoms with Crippen LogP contribution in [0.3, 0.4) is 0 Å². The average Bonchev–Trinajstić information content (AvgIpc) is 3.56. The van der Waals surface area contributed by atoms with E-state index >= 15 is 0 Å². The summed E-state index contributed by atoms with van der Waals surface area (Å²) in [6, 6.07) is 23.4. The Morgan fingerprint density at radius 1 is 0.867 bits per heavy atom. The second kappa shape index (κ2) is 12.7. The average molecular weight is 641 g/mol. The number of anilines is 3. The number of nitrogens with one attached hydrogen (secondary N) is 1. The van der Waals surface area contributed by atoms with Crippen molar-refractivity contribution >= 4 is 46.0 Å². The molecule has 0 aliphatic carbocycles. The largest absolute Gasteiger partial charge is 0.378 e. The number of hydrogen-bond donors (Lipinski definition) is 1. The number of benzene rings is 2. The molecule has 9 heteroatoms. The van der Waals surface area contributed by atoms with Crippen molar-refractivity contribution in [3.63, 3.8) is 0 Å². The van der Waals surface area contributed by atoms with Crippen molar-refractivity contribution in [2.75, 3.05) is 54.1 Å². The first-order valence-electron chi connectivity index (χ1n) is 16.1. The molecule has 2 aromatic carbocycles. The molecule has 0 bridgehead atoms. The summed E-state index contributed by atoms with van der Waals surface area (Å²) in [4.78, 5) is 11.8. The van der Waals surface area contributed by atoms with E-state index in [0.717, 1.165) is 73.1 Å². The third-order valence-electron chi connectivity index (χ3n) is 9.70.